The minimum Gasteiger partial charge on any atom is -0.497 e. The molecule has 4 rings (SSSR count). The van der Waals surface area contributed by atoms with E-state index < -0.39 is 17.6 Å². The summed E-state index contributed by atoms with van der Waals surface area (Å²) in [5, 5.41) is 5.86. The van der Waals surface area contributed by atoms with Crippen molar-refractivity contribution in [1.29, 1.82) is 0 Å². The predicted molar refractivity (Wildman–Crippen MR) is 114 cm³/mol. The molecule has 2 saturated heterocycles. The third kappa shape index (κ3) is 3.89. The summed E-state index contributed by atoms with van der Waals surface area (Å²) < 4.78 is 10.8. The maximum absolute atomic E-state index is 13.0. The van der Waals surface area contributed by atoms with Crippen molar-refractivity contribution in [3.05, 3.63) is 29.8 Å². The van der Waals surface area contributed by atoms with Gasteiger partial charge in [-0.25, -0.2) is 9.69 Å². The van der Waals surface area contributed by atoms with Crippen LogP contribution in [0, 0.1) is 0 Å². The number of urea groups is 1. The van der Waals surface area contributed by atoms with Crippen LogP contribution in [0.4, 0.5) is 4.79 Å². The van der Waals surface area contributed by atoms with Gasteiger partial charge in [0.05, 0.1) is 7.11 Å². The number of ether oxygens (including phenoxy) is 2. The van der Waals surface area contributed by atoms with Crippen molar-refractivity contribution in [2.75, 3.05) is 26.9 Å². The zero-order valence-electron chi connectivity index (χ0n) is 18.2. The van der Waals surface area contributed by atoms with Crippen molar-refractivity contribution in [3.63, 3.8) is 0 Å². The summed E-state index contributed by atoms with van der Waals surface area (Å²) in [4.78, 5) is 39.6. The molecule has 1 spiro atoms. The van der Waals surface area contributed by atoms with Crippen LogP contribution >= 0.6 is 0 Å². The van der Waals surface area contributed by atoms with E-state index in [-0.39, 0.29) is 17.2 Å². The van der Waals surface area contributed by atoms with Crippen LogP contribution in [0.1, 0.15) is 51.0 Å². The van der Waals surface area contributed by atoms with Gasteiger partial charge in [-0.1, -0.05) is 25.0 Å². The number of carbonyl (C=O) groups is 3. The van der Waals surface area contributed by atoms with Crippen LogP contribution < -0.4 is 15.4 Å². The van der Waals surface area contributed by atoms with Crippen LogP contribution in [0.15, 0.2) is 24.3 Å². The first kappa shape index (κ1) is 21.6. The summed E-state index contributed by atoms with van der Waals surface area (Å²) in [6.07, 6.45) is 4.66. The van der Waals surface area contributed by atoms with Gasteiger partial charge < -0.3 is 20.1 Å². The average molecular weight is 430 g/mol. The second kappa shape index (κ2) is 8.49. The maximum Gasteiger partial charge on any atom is 0.325 e. The van der Waals surface area contributed by atoms with Crippen LogP contribution in [0.3, 0.4) is 0 Å². The number of hydrogen-bond acceptors (Lipinski definition) is 5. The molecule has 4 amide bonds. The molecule has 2 N–H and O–H groups in total. The Morgan fingerprint density at radius 3 is 2.42 bits per heavy atom. The lowest BCUT2D eigenvalue weighted by Gasteiger charge is -2.38. The van der Waals surface area contributed by atoms with Gasteiger partial charge in [0, 0.05) is 25.2 Å². The Morgan fingerprint density at radius 1 is 1.16 bits per heavy atom. The van der Waals surface area contributed by atoms with Crippen molar-refractivity contribution < 1.29 is 23.9 Å². The highest BCUT2D eigenvalue weighted by Crippen LogP contribution is 2.37. The fourth-order valence-electron chi connectivity index (χ4n) is 5.11. The third-order valence-electron chi connectivity index (χ3n) is 7.17. The SMILES string of the molecule is COc1ccc(C2(CNC(=O)C(C)N3C(=O)NC4(CCCC4)C3=O)CCOCC2)cc1. The standard InChI is InChI=1S/C23H31N3O5/c1-16(26-20(28)23(25-21(26)29)9-3-4-10-23)19(27)24-15-22(11-13-31-14-12-22)17-5-7-18(30-2)8-6-17/h5-8,16H,3-4,9-15H2,1-2H3,(H,24,27)(H,25,29). The number of rotatable bonds is 6. The largest absolute Gasteiger partial charge is 0.497 e. The van der Waals surface area contributed by atoms with Crippen LogP contribution in [-0.4, -0.2) is 61.2 Å². The maximum atomic E-state index is 13.0. The molecule has 0 bridgehead atoms. The van der Waals surface area contributed by atoms with E-state index in [9.17, 15) is 14.4 Å². The quantitative estimate of drug-likeness (QED) is 0.675. The number of amides is 4. The number of hydrogen-bond donors (Lipinski definition) is 2. The molecule has 1 aromatic rings. The predicted octanol–water partition coefficient (Wildman–Crippen LogP) is 2.11. The Labute approximate surface area is 182 Å². The van der Waals surface area contributed by atoms with E-state index in [1.54, 1.807) is 14.0 Å². The van der Waals surface area contributed by atoms with Gasteiger partial charge in [0.25, 0.3) is 5.91 Å². The summed E-state index contributed by atoms with van der Waals surface area (Å²) in [7, 11) is 1.63. The molecule has 3 fully saturated rings. The van der Waals surface area contributed by atoms with Gasteiger partial charge in [-0.3, -0.25) is 9.59 Å². The van der Waals surface area contributed by atoms with Crippen molar-refractivity contribution in [2.45, 2.75) is 62.4 Å². The molecule has 1 aliphatic carbocycles. The average Bonchev–Trinajstić information content (AvgIpc) is 3.36. The molecule has 8 heteroatoms. The highest BCUT2D eigenvalue weighted by atomic mass is 16.5. The third-order valence-corrected chi connectivity index (χ3v) is 7.17. The Hall–Kier alpha value is -2.61. The van der Waals surface area contributed by atoms with Crippen LogP contribution in [0.25, 0.3) is 0 Å². The van der Waals surface area contributed by atoms with Crippen LogP contribution in [-0.2, 0) is 19.7 Å². The Morgan fingerprint density at radius 2 is 1.81 bits per heavy atom. The molecule has 168 valence electrons. The van der Waals surface area contributed by atoms with Gasteiger partial charge in [0.15, 0.2) is 0 Å². The monoisotopic (exact) mass is 429 g/mol. The molecular formula is C23H31N3O5. The number of methoxy groups -OCH3 is 1. The first-order valence-electron chi connectivity index (χ1n) is 11.1. The molecule has 0 aromatic heterocycles. The summed E-state index contributed by atoms with van der Waals surface area (Å²) >= 11 is 0. The second-order valence-electron chi connectivity index (χ2n) is 8.91. The van der Waals surface area contributed by atoms with E-state index in [1.165, 1.54) is 0 Å². The van der Waals surface area contributed by atoms with Gasteiger partial charge in [0.2, 0.25) is 5.91 Å². The van der Waals surface area contributed by atoms with Crippen LogP contribution in [0.5, 0.6) is 5.75 Å². The zero-order chi connectivity index (χ0) is 22.1. The molecular weight excluding hydrogens is 398 g/mol. The molecule has 1 saturated carbocycles. The molecule has 31 heavy (non-hydrogen) atoms. The van der Waals surface area contributed by atoms with E-state index in [2.05, 4.69) is 10.6 Å². The van der Waals surface area contributed by atoms with E-state index in [0.717, 1.165) is 41.9 Å². The van der Waals surface area contributed by atoms with Crippen molar-refractivity contribution in [2.24, 2.45) is 0 Å². The number of carbonyl (C=O) groups excluding carboxylic acids is 3. The summed E-state index contributed by atoms with van der Waals surface area (Å²) in [6, 6.07) is 6.57. The minimum absolute atomic E-state index is 0.260. The lowest BCUT2D eigenvalue weighted by atomic mass is 9.74. The summed E-state index contributed by atoms with van der Waals surface area (Å²) in [6.45, 7) is 3.27. The van der Waals surface area contributed by atoms with Gasteiger partial charge >= 0.3 is 6.03 Å². The highest BCUT2D eigenvalue weighted by Gasteiger charge is 2.54. The number of nitrogens with one attached hydrogen (secondary N) is 2. The lowest BCUT2D eigenvalue weighted by Crippen LogP contribution is -2.52. The molecule has 1 atom stereocenters. The highest BCUT2D eigenvalue weighted by molar-refractivity contribution is 6.09. The van der Waals surface area contributed by atoms with Gasteiger partial charge in [-0.2, -0.15) is 0 Å². The number of imide groups is 1. The molecule has 2 heterocycles. The molecule has 8 nitrogen and oxygen atoms in total. The second-order valence-corrected chi connectivity index (χ2v) is 8.91. The zero-order valence-corrected chi connectivity index (χ0v) is 18.2. The number of nitrogens with zero attached hydrogens (tertiary/aromatic N) is 1. The lowest BCUT2D eigenvalue weighted by molar-refractivity contribution is -0.138. The minimum atomic E-state index is -0.861. The fourth-order valence-corrected chi connectivity index (χ4v) is 5.11. The van der Waals surface area contributed by atoms with Gasteiger partial charge in [0.1, 0.15) is 17.3 Å². The first-order chi connectivity index (χ1) is 14.9. The normalized spacial score (nSPS) is 23.0. The Kier molecular flexibility index (Phi) is 5.92. The topological polar surface area (TPSA) is 97.0 Å². The Bertz CT molecular complexity index is 841. The smallest absolute Gasteiger partial charge is 0.325 e. The Balaban J connectivity index is 1.46. The summed E-state index contributed by atoms with van der Waals surface area (Å²) in [5.74, 6) is 0.189. The molecule has 0 radical (unpaired) electrons. The summed E-state index contributed by atoms with van der Waals surface area (Å²) in [5.41, 5.74) is 0.0463. The molecule has 1 unspecified atom stereocenters. The van der Waals surface area contributed by atoms with Crippen molar-refractivity contribution in [1.82, 2.24) is 15.5 Å². The van der Waals surface area contributed by atoms with E-state index in [4.69, 9.17) is 9.47 Å². The molecule has 2 aliphatic heterocycles. The van der Waals surface area contributed by atoms with E-state index in [1.807, 2.05) is 24.3 Å². The van der Waals surface area contributed by atoms with E-state index >= 15 is 0 Å². The van der Waals surface area contributed by atoms with Crippen molar-refractivity contribution in [3.8, 4) is 5.75 Å². The molecule has 1 aromatic carbocycles. The van der Waals surface area contributed by atoms with Gasteiger partial charge in [-0.05, 0) is 50.3 Å². The number of benzene rings is 1. The fraction of sp³-hybridized carbons (Fsp3) is 0.609. The van der Waals surface area contributed by atoms with Crippen LogP contribution in [0.2, 0.25) is 0 Å². The first-order valence-corrected chi connectivity index (χ1v) is 11.1. The van der Waals surface area contributed by atoms with E-state index in [0.29, 0.717) is 32.6 Å². The van der Waals surface area contributed by atoms with Gasteiger partial charge in [-0.15, -0.1) is 0 Å². The van der Waals surface area contributed by atoms with Crippen molar-refractivity contribution >= 4 is 17.8 Å². The molecule has 3 aliphatic rings.